The van der Waals surface area contributed by atoms with E-state index >= 15 is 0 Å². The highest BCUT2D eigenvalue weighted by Crippen LogP contribution is 2.33. The molecule has 0 radical (unpaired) electrons. The number of para-hydroxylation sites is 2. The van der Waals surface area contributed by atoms with E-state index in [4.69, 9.17) is 57.9 Å². The third kappa shape index (κ3) is 20.0. The zero-order valence-electron chi connectivity index (χ0n) is 74.5. The Balaban J connectivity index is 0.000000142. The number of nitrogens with zero attached hydrogens (tertiary/aromatic N) is 7. The predicted octanol–water partition coefficient (Wildman–Crippen LogP) is 15.2. The largest absolute Gasteiger partial charge is 0.514 e. The second-order valence-corrected chi connectivity index (χ2v) is 33.6. The fourth-order valence-corrected chi connectivity index (χ4v) is 14.6. The van der Waals surface area contributed by atoms with Crippen LogP contribution in [0.3, 0.4) is 0 Å². The minimum Gasteiger partial charge on any atom is -0.494 e. The molecule has 4 aliphatic rings. The van der Waals surface area contributed by atoms with Gasteiger partial charge in [0.25, 0.3) is 0 Å². The number of methoxy groups -OCH3 is 3. The van der Waals surface area contributed by atoms with Gasteiger partial charge in [-0.1, -0.05) is 62.4 Å². The summed E-state index contributed by atoms with van der Waals surface area (Å²) in [6, 6.07) is 42.7. The summed E-state index contributed by atoms with van der Waals surface area (Å²) in [6.07, 6.45) is 14.1. The van der Waals surface area contributed by atoms with Gasteiger partial charge in [-0.2, -0.15) is 0 Å². The average molecular weight is 1670 g/mol. The molecule has 4 aromatic carbocycles. The zero-order chi connectivity index (χ0) is 89.1. The Bertz CT molecular complexity index is 6790. The maximum Gasteiger partial charge on any atom is 0.514 e. The highest BCUT2D eigenvalue weighted by atomic mass is 16.7. The van der Waals surface area contributed by atoms with Gasteiger partial charge in [0.15, 0.2) is 0 Å². The Morgan fingerprint density at radius 3 is 1.19 bits per heavy atom. The van der Waals surface area contributed by atoms with E-state index in [2.05, 4.69) is 81.9 Å². The highest BCUT2D eigenvalue weighted by Gasteiger charge is 2.29. The van der Waals surface area contributed by atoms with Gasteiger partial charge in [-0.25, -0.2) is 34.4 Å². The molecule has 0 saturated heterocycles. The van der Waals surface area contributed by atoms with E-state index in [1.807, 2.05) is 189 Å². The van der Waals surface area contributed by atoms with Crippen molar-refractivity contribution < 1.29 is 57.1 Å². The minimum atomic E-state index is -0.747. The van der Waals surface area contributed by atoms with Crippen LogP contribution < -0.4 is 61.5 Å². The van der Waals surface area contributed by atoms with E-state index in [1.165, 1.54) is 0 Å². The van der Waals surface area contributed by atoms with E-state index in [9.17, 15) is 19.2 Å². The number of allylic oxidation sites excluding steroid dienone is 2. The SMILES string of the molecule is COC1=CC(c2cc3ccccc3n2C(=O)C(C)C)=N/C1=C\c1[nH]c(C)cc1C.COC1=CC(c2cc3ccccc3n2C(=O)N(C)C)=N/C1=C\c1[nH]c(C)cc1C.COc1cc(=C2C=c3c(OC(=O)OC(C)(C)C)cccc3=N2)[nH]/c1=C\c1[nH]c(C)cc1C.Cc1cc(C)c(/C=c2\[nH]c(=C3C=c4c(OC(=O)OC(C)(C)C)cccc4=N3)cc2OC(C)C)[nH]1. The number of benzene rings is 4. The number of rotatable bonds is 14. The number of nitrogens with one attached hydrogen (secondary N) is 6. The van der Waals surface area contributed by atoms with Gasteiger partial charge < -0.3 is 72.7 Å². The molecule has 6 N–H and O–H groups in total. The lowest BCUT2D eigenvalue weighted by molar-refractivity contribution is 0.0191. The smallest absolute Gasteiger partial charge is 0.494 e. The number of hydrogen-bond acceptors (Lipinski definition) is 16. The quantitative estimate of drug-likeness (QED) is 0.0437. The van der Waals surface area contributed by atoms with E-state index < -0.39 is 23.5 Å². The standard InChI is InChI=1S/C27H31N3O4.C25H27N3O4.C24H25N3O2.C23H24N4O2/c1-15(2)32-25-14-22(30-23(25)13-20-16(3)11-17(4)28-20)21-12-18-19(29-21)9-8-10-24(18)33-26(31)34-27(5,6)7;1-14-10-15(2)26-18(14)12-21-23(30-6)13-20(28-21)19-11-16-17(27-19)8-7-9-22(16)31-24(29)32-25(3,4)5;1-14(2)24(28)27-21-9-7-6-8-17(21)11-22(27)19-13-23(29-5)20(26-19)12-18-15(3)10-16(4)25-18;1-14-10-15(2)24-17(14)12-19-22(29-5)13-18(25-19)21-11-16-8-6-7-9-20(16)27(21)23(28)26(3)4/h8-15,28,30H,1-7H3;7-13,26,28H,1-6H3;6-14,25H,1-5H3;6-13,24H,1-5H3/b22-21?,23-13-;20-19?,21-12-;20-12-;19-12-. The lowest BCUT2D eigenvalue weighted by Crippen LogP contribution is -2.29. The second-order valence-electron chi connectivity index (χ2n) is 33.6. The number of fused-ring (bicyclic) bond motifs is 4. The monoisotopic (exact) mass is 1670 g/mol. The Morgan fingerprint density at radius 2 is 0.815 bits per heavy atom. The van der Waals surface area contributed by atoms with E-state index in [0.717, 1.165) is 178 Å². The molecule has 25 nitrogen and oxygen atoms in total. The molecule has 0 fully saturated rings. The van der Waals surface area contributed by atoms with Crippen molar-refractivity contribution in [3.05, 3.63) is 290 Å². The molecule has 0 unspecified atom stereocenters. The molecule has 16 rings (SSSR count). The first kappa shape index (κ1) is 87.5. The summed E-state index contributed by atoms with van der Waals surface area (Å²) in [4.78, 5) is 91.2. The van der Waals surface area contributed by atoms with Crippen LogP contribution in [-0.2, 0) is 18.9 Å². The molecule has 640 valence electrons. The van der Waals surface area contributed by atoms with Crippen molar-refractivity contribution in [2.75, 3.05) is 35.4 Å². The van der Waals surface area contributed by atoms with Crippen molar-refractivity contribution in [3.8, 4) is 23.0 Å². The van der Waals surface area contributed by atoms with Crippen molar-refractivity contribution in [3.63, 3.8) is 0 Å². The summed E-state index contributed by atoms with van der Waals surface area (Å²) in [5, 5.41) is 8.19. The van der Waals surface area contributed by atoms with Gasteiger partial charge in [-0.05, 0) is 242 Å². The number of aromatic nitrogens is 8. The van der Waals surface area contributed by atoms with E-state index in [1.54, 1.807) is 115 Å². The highest BCUT2D eigenvalue weighted by molar-refractivity contribution is 6.17. The molecule has 1 amide bonds. The first-order valence-corrected chi connectivity index (χ1v) is 41.0. The Morgan fingerprint density at radius 1 is 0.427 bits per heavy atom. The van der Waals surface area contributed by atoms with Gasteiger partial charge in [-0.15, -0.1) is 0 Å². The molecule has 4 aliphatic heterocycles. The predicted molar refractivity (Wildman–Crippen MR) is 488 cm³/mol. The van der Waals surface area contributed by atoms with Crippen molar-refractivity contribution in [2.45, 2.75) is 142 Å². The van der Waals surface area contributed by atoms with E-state index in [0.29, 0.717) is 34.5 Å². The Kier molecular flexibility index (Phi) is 25.5. The van der Waals surface area contributed by atoms with Crippen LogP contribution in [0.4, 0.5) is 14.4 Å². The van der Waals surface area contributed by atoms with Crippen LogP contribution in [0.15, 0.2) is 188 Å². The summed E-state index contributed by atoms with van der Waals surface area (Å²) < 4.78 is 47.8. The third-order valence-corrected chi connectivity index (χ3v) is 20.1. The number of ether oxygens (including phenoxy) is 8. The third-order valence-electron chi connectivity index (χ3n) is 20.1. The van der Waals surface area contributed by atoms with Crippen LogP contribution in [0.1, 0.15) is 153 Å². The molecule has 0 bridgehead atoms. The Hall–Kier alpha value is -14.4. The van der Waals surface area contributed by atoms with Gasteiger partial charge >= 0.3 is 18.3 Å². The minimum absolute atomic E-state index is 0.0165. The van der Waals surface area contributed by atoms with Crippen LogP contribution in [0, 0.1) is 61.3 Å². The van der Waals surface area contributed by atoms with Crippen LogP contribution in [0.2, 0.25) is 0 Å². The Labute approximate surface area is 719 Å². The molecule has 25 heteroatoms. The van der Waals surface area contributed by atoms with Crippen molar-refractivity contribution >= 4 is 105 Å². The van der Waals surface area contributed by atoms with Crippen LogP contribution in [-0.4, -0.2) is 132 Å². The molecular formula is C99H107N13O12. The number of carbonyl (C=O) groups is 4. The van der Waals surface area contributed by atoms with Gasteiger partial charge in [0.05, 0.1) is 105 Å². The van der Waals surface area contributed by atoms with Gasteiger partial charge in [0.1, 0.15) is 57.1 Å². The summed E-state index contributed by atoms with van der Waals surface area (Å²) in [5.41, 5.74) is 19.3. The van der Waals surface area contributed by atoms with Gasteiger partial charge in [0.2, 0.25) is 5.91 Å². The summed E-state index contributed by atoms with van der Waals surface area (Å²) in [7, 11) is 8.40. The van der Waals surface area contributed by atoms with Crippen molar-refractivity contribution in [1.82, 2.24) is 43.9 Å². The molecule has 12 aromatic rings. The molecule has 0 aliphatic carbocycles. The van der Waals surface area contributed by atoms with Crippen molar-refractivity contribution in [2.24, 2.45) is 25.9 Å². The zero-order valence-corrected chi connectivity index (χ0v) is 74.5. The van der Waals surface area contributed by atoms with Crippen LogP contribution >= 0.6 is 0 Å². The first-order chi connectivity index (χ1) is 58.9. The summed E-state index contributed by atoms with van der Waals surface area (Å²) in [6.45, 7) is 34.9. The summed E-state index contributed by atoms with van der Waals surface area (Å²) in [5.74, 6) is 3.53. The first-order valence-electron chi connectivity index (χ1n) is 41.0. The molecule has 0 spiro atoms. The number of hydrogen-bond donors (Lipinski definition) is 6. The van der Waals surface area contributed by atoms with E-state index in [-0.39, 0.29) is 24.0 Å². The molecule has 0 saturated carbocycles. The number of aryl methyl sites for hydroxylation is 8. The molecule has 124 heavy (non-hydrogen) atoms. The molecular weight excluding hydrogens is 1560 g/mol. The fourth-order valence-electron chi connectivity index (χ4n) is 14.6. The lowest BCUT2D eigenvalue weighted by atomic mass is 10.2. The summed E-state index contributed by atoms with van der Waals surface area (Å²) >= 11 is 0. The van der Waals surface area contributed by atoms with Crippen LogP contribution in [0.5, 0.6) is 23.0 Å². The number of amides is 1. The molecule has 12 heterocycles. The average Bonchev–Trinajstić information content (AvgIpc) is 1.63. The maximum atomic E-state index is 13.0. The topological polar surface area (TPSA) is 299 Å². The normalized spacial score (nSPS) is 15.1. The van der Waals surface area contributed by atoms with Crippen molar-refractivity contribution in [1.29, 1.82) is 0 Å². The second kappa shape index (κ2) is 36.1. The number of H-pyrrole nitrogens is 6. The number of aliphatic imine (C=N–C) groups is 2. The number of aromatic amines is 6. The van der Waals surface area contributed by atoms with Gasteiger partial charge in [-0.3, -0.25) is 13.9 Å². The maximum absolute atomic E-state index is 13.0. The molecule has 8 aromatic heterocycles. The lowest BCUT2D eigenvalue weighted by Gasteiger charge is -2.18. The number of carbonyl (C=O) groups excluding carboxylic acids is 4. The molecule has 0 atom stereocenters. The van der Waals surface area contributed by atoms with Gasteiger partial charge in [0, 0.05) is 111 Å². The fraction of sp³-hybridized carbons (Fsp3) is 0.273. The van der Waals surface area contributed by atoms with Crippen LogP contribution in [0.25, 0.3) is 69.7 Å².